The van der Waals surface area contributed by atoms with Crippen LogP contribution in [0.1, 0.15) is 42.5 Å². The Balaban J connectivity index is 1.75. The Morgan fingerprint density at radius 1 is 0.818 bits per heavy atom. The van der Waals surface area contributed by atoms with E-state index in [4.69, 9.17) is 0 Å². The molecule has 4 rings (SSSR count). The van der Waals surface area contributed by atoms with Crippen molar-refractivity contribution < 1.29 is 0 Å². The molecule has 0 radical (unpaired) electrons. The Kier molecular flexibility index (Phi) is 3.63. The summed E-state index contributed by atoms with van der Waals surface area (Å²) >= 11 is 0. The van der Waals surface area contributed by atoms with Gasteiger partial charge < -0.3 is 4.90 Å². The summed E-state index contributed by atoms with van der Waals surface area (Å²) in [5.41, 5.74) is 4.35. The zero-order valence-corrected chi connectivity index (χ0v) is 13.3. The highest BCUT2D eigenvalue weighted by Gasteiger charge is 2.35. The Bertz CT molecular complexity index is 631. The van der Waals surface area contributed by atoms with Crippen molar-refractivity contribution in [1.29, 1.82) is 0 Å². The molecule has 114 valence electrons. The van der Waals surface area contributed by atoms with E-state index in [2.05, 4.69) is 71.4 Å². The molecule has 0 spiro atoms. The molecule has 2 nitrogen and oxygen atoms in total. The van der Waals surface area contributed by atoms with E-state index < -0.39 is 0 Å². The average Bonchev–Trinajstić information content (AvgIpc) is 3.11. The number of nitrogens with zero attached hydrogens (tertiary/aromatic N) is 2. The number of likely N-dealkylation sites (tertiary alicyclic amines) is 1. The molecule has 2 heteroatoms. The van der Waals surface area contributed by atoms with Gasteiger partial charge in [0, 0.05) is 18.8 Å². The second-order valence-electron chi connectivity index (χ2n) is 6.59. The van der Waals surface area contributed by atoms with Crippen molar-refractivity contribution >= 4 is 5.69 Å². The first-order valence-corrected chi connectivity index (χ1v) is 8.45. The highest BCUT2D eigenvalue weighted by Crippen LogP contribution is 2.45. The van der Waals surface area contributed by atoms with Gasteiger partial charge in [-0.25, -0.2) is 0 Å². The van der Waals surface area contributed by atoms with Crippen LogP contribution in [-0.2, 0) is 0 Å². The molecule has 1 saturated heterocycles. The van der Waals surface area contributed by atoms with E-state index >= 15 is 0 Å². The third kappa shape index (κ3) is 2.32. The third-order valence-corrected chi connectivity index (χ3v) is 5.36. The van der Waals surface area contributed by atoms with Gasteiger partial charge in [0.05, 0.1) is 6.04 Å². The number of hydrogen-bond acceptors (Lipinski definition) is 2. The first-order valence-electron chi connectivity index (χ1n) is 8.45. The van der Waals surface area contributed by atoms with Gasteiger partial charge in [-0.2, -0.15) is 0 Å². The molecular formula is C20H24N2. The van der Waals surface area contributed by atoms with Crippen LogP contribution in [-0.4, -0.2) is 25.0 Å². The second kappa shape index (κ2) is 5.77. The summed E-state index contributed by atoms with van der Waals surface area (Å²) < 4.78 is 0. The predicted octanol–water partition coefficient (Wildman–Crippen LogP) is 4.40. The molecule has 2 aromatic rings. The Hall–Kier alpha value is -1.80. The molecule has 0 aliphatic carbocycles. The maximum Gasteiger partial charge on any atom is 0.0557 e. The number of rotatable bonds is 2. The van der Waals surface area contributed by atoms with E-state index in [9.17, 15) is 0 Å². The van der Waals surface area contributed by atoms with Crippen LogP contribution in [0.25, 0.3) is 0 Å². The largest absolute Gasteiger partial charge is 0.367 e. The predicted molar refractivity (Wildman–Crippen MR) is 92.2 cm³/mol. The van der Waals surface area contributed by atoms with Crippen LogP contribution in [0, 0.1) is 0 Å². The van der Waals surface area contributed by atoms with Crippen molar-refractivity contribution in [3.8, 4) is 0 Å². The van der Waals surface area contributed by atoms with Gasteiger partial charge in [0.15, 0.2) is 0 Å². The lowest BCUT2D eigenvalue weighted by Crippen LogP contribution is -2.37. The van der Waals surface area contributed by atoms with Gasteiger partial charge in [-0.15, -0.1) is 0 Å². The fraction of sp³-hybridized carbons (Fsp3) is 0.400. The Labute approximate surface area is 133 Å². The molecule has 22 heavy (non-hydrogen) atoms. The SMILES string of the molecule is CN1c2ccccc2[C@@H](N2CCCC2)C[C@H]1c1ccccc1. The molecule has 0 unspecified atom stereocenters. The van der Waals surface area contributed by atoms with Crippen molar-refractivity contribution in [1.82, 2.24) is 4.90 Å². The van der Waals surface area contributed by atoms with E-state index in [1.165, 1.54) is 49.2 Å². The normalized spacial score (nSPS) is 25.2. The lowest BCUT2D eigenvalue weighted by molar-refractivity contribution is 0.214. The van der Waals surface area contributed by atoms with Gasteiger partial charge in [-0.3, -0.25) is 4.90 Å². The molecular weight excluding hydrogens is 268 g/mol. The van der Waals surface area contributed by atoms with Crippen LogP contribution < -0.4 is 4.90 Å². The monoisotopic (exact) mass is 292 g/mol. The van der Waals surface area contributed by atoms with Gasteiger partial charge in [0.1, 0.15) is 0 Å². The molecule has 0 aromatic heterocycles. The van der Waals surface area contributed by atoms with E-state index in [1.807, 2.05) is 0 Å². The van der Waals surface area contributed by atoms with Crippen LogP contribution in [0.2, 0.25) is 0 Å². The molecule has 2 aromatic carbocycles. The molecule has 2 aliphatic rings. The fourth-order valence-electron chi connectivity index (χ4n) is 4.19. The maximum atomic E-state index is 2.70. The van der Waals surface area contributed by atoms with E-state index in [1.54, 1.807) is 0 Å². The molecule has 2 atom stereocenters. The molecule has 2 aliphatic heterocycles. The molecule has 2 heterocycles. The molecule has 0 N–H and O–H groups in total. The first-order chi connectivity index (χ1) is 10.8. The van der Waals surface area contributed by atoms with Crippen molar-refractivity contribution in [2.24, 2.45) is 0 Å². The molecule has 0 amide bonds. The summed E-state index contributed by atoms with van der Waals surface area (Å²) in [5, 5.41) is 0. The Morgan fingerprint density at radius 2 is 1.50 bits per heavy atom. The molecule has 0 saturated carbocycles. The Morgan fingerprint density at radius 3 is 2.27 bits per heavy atom. The topological polar surface area (TPSA) is 6.48 Å². The van der Waals surface area contributed by atoms with E-state index in [0.29, 0.717) is 12.1 Å². The van der Waals surface area contributed by atoms with Gasteiger partial charge in [0.25, 0.3) is 0 Å². The summed E-state index contributed by atoms with van der Waals surface area (Å²) in [5.74, 6) is 0. The van der Waals surface area contributed by atoms with Crippen LogP contribution in [0.5, 0.6) is 0 Å². The number of fused-ring (bicyclic) bond motifs is 1. The van der Waals surface area contributed by atoms with Gasteiger partial charge >= 0.3 is 0 Å². The van der Waals surface area contributed by atoms with Crippen molar-refractivity contribution in [2.75, 3.05) is 25.0 Å². The number of para-hydroxylation sites is 1. The summed E-state index contributed by atoms with van der Waals surface area (Å²) in [6.45, 7) is 2.51. The summed E-state index contributed by atoms with van der Waals surface area (Å²) in [6.07, 6.45) is 3.90. The summed E-state index contributed by atoms with van der Waals surface area (Å²) in [7, 11) is 2.25. The minimum Gasteiger partial charge on any atom is -0.367 e. The number of benzene rings is 2. The standard InChI is InChI=1S/C20H24N2/c1-21-18-12-6-5-11-17(18)20(22-13-7-8-14-22)15-19(21)16-9-3-2-4-10-16/h2-6,9-12,19-20H,7-8,13-15H2,1H3/t19-,20-/m0/s1. The average molecular weight is 292 g/mol. The van der Waals surface area contributed by atoms with E-state index in [0.717, 1.165) is 0 Å². The van der Waals surface area contributed by atoms with Crippen molar-refractivity contribution in [3.05, 3.63) is 65.7 Å². The minimum atomic E-state index is 0.474. The fourth-order valence-corrected chi connectivity index (χ4v) is 4.19. The number of hydrogen-bond donors (Lipinski definition) is 0. The van der Waals surface area contributed by atoms with Crippen molar-refractivity contribution in [3.63, 3.8) is 0 Å². The van der Waals surface area contributed by atoms with Crippen LogP contribution in [0.4, 0.5) is 5.69 Å². The smallest absolute Gasteiger partial charge is 0.0557 e. The highest BCUT2D eigenvalue weighted by molar-refractivity contribution is 5.58. The summed E-state index contributed by atoms with van der Waals surface area (Å²) in [6, 6.07) is 21.0. The quantitative estimate of drug-likeness (QED) is 0.809. The molecule has 1 fully saturated rings. The highest BCUT2D eigenvalue weighted by atomic mass is 15.2. The van der Waals surface area contributed by atoms with Gasteiger partial charge in [0.2, 0.25) is 0 Å². The van der Waals surface area contributed by atoms with Gasteiger partial charge in [-0.05, 0) is 49.5 Å². The van der Waals surface area contributed by atoms with Gasteiger partial charge in [-0.1, -0.05) is 48.5 Å². The maximum absolute atomic E-state index is 2.70. The summed E-state index contributed by atoms with van der Waals surface area (Å²) in [4.78, 5) is 5.17. The first kappa shape index (κ1) is 13.8. The zero-order chi connectivity index (χ0) is 14.9. The van der Waals surface area contributed by atoms with Crippen LogP contribution in [0.15, 0.2) is 54.6 Å². The minimum absolute atomic E-state index is 0.474. The lowest BCUT2D eigenvalue weighted by Gasteiger charge is -2.43. The van der Waals surface area contributed by atoms with Crippen molar-refractivity contribution in [2.45, 2.75) is 31.3 Å². The second-order valence-corrected chi connectivity index (χ2v) is 6.59. The van der Waals surface area contributed by atoms with E-state index in [-0.39, 0.29) is 0 Å². The molecule has 0 bridgehead atoms. The van der Waals surface area contributed by atoms with Crippen LogP contribution >= 0.6 is 0 Å². The number of anilines is 1. The zero-order valence-electron chi connectivity index (χ0n) is 13.3. The van der Waals surface area contributed by atoms with Crippen LogP contribution in [0.3, 0.4) is 0 Å². The third-order valence-electron chi connectivity index (χ3n) is 5.36. The lowest BCUT2D eigenvalue weighted by atomic mass is 9.87.